The molecule has 0 spiro atoms. The van der Waals surface area contributed by atoms with Crippen molar-refractivity contribution in [2.24, 2.45) is 0 Å². The van der Waals surface area contributed by atoms with E-state index in [2.05, 4.69) is 14.9 Å². The summed E-state index contributed by atoms with van der Waals surface area (Å²) in [5.41, 5.74) is -0.240. The Bertz CT molecular complexity index is 1020. The summed E-state index contributed by atoms with van der Waals surface area (Å²) in [5, 5.41) is 22.8. The summed E-state index contributed by atoms with van der Waals surface area (Å²) in [6.45, 7) is 3.23. The molecule has 1 N–H and O–H groups in total. The zero-order valence-corrected chi connectivity index (χ0v) is 15.8. The van der Waals surface area contributed by atoms with Crippen molar-refractivity contribution in [2.75, 3.05) is 44.2 Å². The van der Waals surface area contributed by atoms with Gasteiger partial charge < -0.3 is 14.7 Å². The van der Waals surface area contributed by atoms with Gasteiger partial charge in [0.2, 0.25) is 5.82 Å². The Kier molecular flexibility index (Phi) is 5.50. The molecule has 0 aliphatic carbocycles. The minimum absolute atomic E-state index is 0.0749. The van der Waals surface area contributed by atoms with Gasteiger partial charge in [0.1, 0.15) is 12.1 Å². The van der Waals surface area contributed by atoms with Gasteiger partial charge in [-0.25, -0.2) is 4.98 Å². The van der Waals surface area contributed by atoms with Crippen LogP contribution in [-0.4, -0.2) is 64.2 Å². The molecular weight excluding hydrogens is 374 g/mol. The molecule has 1 aliphatic heterocycles. The van der Waals surface area contributed by atoms with Crippen LogP contribution in [0.4, 0.5) is 11.5 Å². The molecule has 2 aromatic carbocycles. The van der Waals surface area contributed by atoms with Gasteiger partial charge in [0.15, 0.2) is 0 Å². The van der Waals surface area contributed by atoms with Crippen LogP contribution >= 0.6 is 0 Å². The summed E-state index contributed by atoms with van der Waals surface area (Å²) < 4.78 is 5.91. The number of aliphatic hydroxyl groups excluding tert-OH is 1. The Morgan fingerprint density at radius 1 is 1.07 bits per heavy atom. The van der Waals surface area contributed by atoms with Crippen LogP contribution in [0.5, 0.6) is 11.6 Å². The number of rotatable bonds is 6. The Morgan fingerprint density at radius 3 is 2.59 bits per heavy atom. The average Bonchev–Trinajstić information content (AvgIpc) is 2.74. The van der Waals surface area contributed by atoms with E-state index in [9.17, 15) is 10.1 Å². The van der Waals surface area contributed by atoms with Crippen LogP contribution in [0, 0.1) is 10.1 Å². The van der Waals surface area contributed by atoms with Gasteiger partial charge in [0, 0.05) is 38.1 Å². The quantitative estimate of drug-likeness (QED) is 0.501. The van der Waals surface area contributed by atoms with E-state index < -0.39 is 4.92 Å². The first-order chi connectivity index (χ1) is 14.2. The SMILES string of the molecule is O=[N+]([O-])c1c(Oc2cccc3ccccc23)ncnc1N1CCN(CCO)CC1. The molecule has 1 saturated heterocycles. The monoisotopic (exact) mass is 395 g/mol. The zero-order valence-electron chi connectivity index (χ0n) is 15.8. The lowest BCUT2D eigenvalue weighted by Gasteiger charge is -2.34. The first-order valence-corrected chi connectivity index (χ1v) is 9.40. The molecule has 0 saturated carbocycles. The van der Waals surface area contributed by atoms with Gasteiger partial charge >= 0.3 is 11.6 Å². The highest BCUT2D eigenvalue weighted by molar-refractivity contribution is 5.88. The number of aromatic nitrogens is 2. The Morgan fingerprint density at radius 2 is 1.83 bits per heavy atom. The normalized spacial score (nSPS) is 14.9. The largest absolute Gasteiger partial charge is 0.433 e. The number of β-amino-alcohol motifs (C(OH)–C–C–N with tert-alkyl or cyclic N) is 1. The number of anilines is 1. The fourth-order valence-electron chi connectivity index (χ4n) is 3.53. The fourth-order valence-corrected chi connectivity index (χ4v) is 3.53. The number of fused-ring (bicyclic) bond motifs is 1. The summed E-state index contributed by atoms with van der Waals surface area (Å²) >= 11 is 0. The van der Waals surface area contributed by atoms with Gasteiger partial charge in [-0.15, -0.1) is 0 Å². The molecule has 0 amide bonds. The number of hydrogen-bond acceptors (Lipinski definition) is 8. The first-order valence-electron chi connectivity index (χ1n) is 9.40. The minimum Gasteiger partial charge on any atom is -0.433 e. The smallest absolute Gasteiger partial charge is 0.373 e. The van der Waals surface area contributed by atoms with E-state index in [4.69, 9.17) is 9.84 Å². The van der Waals surface area contributed by atoms with Crippen LogP contribution in [0.3, 0.4) is 0 Å². The van der Waals surface area contributed by atoms with Crippen molar-refractivity contribution in [3.63, 3.8) is 0 Å². The van der Waals surface area contributed by atoms with E-state index in [-0.39, 0.29) is 24.0 Å². The maximum absolute atomic E-state index is 11.9. The molecule has 2 heterocycles. The van der Waals surface area contributed by atoms with E-state index >= 15 is 0 Å². The summed E-state index contributed by atoms with van der Waals surface area (Å²) in [4.78, 5) is 23.6. The van der Waals surface area contributed by atoms with Crippen LogP contribution in [0.2, 0.25) is 0 Å². The second-order valence-corrected chi connectivity index (χ2v) is 6.74. The van der Waals surface area contributed by atoms with E-state index in [0.717, 1.165) is 10.8 Å². The van der Waals surface area contributed by atoms with E-state index in [0.29, 0.717) is 38.5 Å². The molecular formula is C20H21N5O4. The summed E-state index contributed by atoms with van der Waals surface area (Å²) in [6.07, 6.45) is 1.29. The summed E-state index contributed by atoms with van der Waals surface area (Å²) in [5.74, 6) is 0.682. The van der Waals surface area contributed by atoms with E-state index in [1.807, 2.05) is 41.3 Å². The van der Waals surface area contributed by atoms with Crippen LogP contribution in [-0.2, 0) is 0 Å². The van der Waals surface area contributed by atoms with Crippen molar-refractivity contribution in [2.45, 2.75) is 0 Å². The number of ether oxygens (including phenoxy) is 1. The molecule has 0 radical (unpaired) electrons. The molecule has 9 nitrogen and oxygen atoms in total. The number of nitro groups is 1. The highest BCUT2D eigenvalue weighted by atomic mass is 16.6. The maximum Gasteiger partial charge on any atom is 0.373 e. The lowest BCUT2D eigenvalue weighted by Crippen LogP contribution is -2.47. The second kappa shape index (κ2) is 8.38. The minimum atomic E-state index is -0.490. The molecule has 0 unspecified atom stereocenters. The van der Waals surface area contributed by atoms with Crippen LogP contribution in [0.1, 0.15) is 0 Å². The lowest BCUT2D eigenvalue weighted by molar-refractivity contribution is -0.385. The number of benzene rings is 2. The van der Waals surface area contributed by atoms with Crippen molar-refractivity contribution in [1.29, 1.82) is 0 Å². The van der Waals surface area contributed by atoms with Crippen molar-refractivity contribution in [3.8, 4) is 11.6 Å². The highest BCUT2D eigenvalue weighted by Crippen LogP contribution is 2.38. The standard InChI is InChI=1S/C20H21N5O4/c26-13-12-23-8-10-24(11-9-23)19-18(25(27)28)20(22-14-21-19)29-17-7-3-5-15-4-1-2-6-16(15)17/h1-7,14,26H,8-13H2. The van der Waals surface area contributed by atoms with Crippen molar-refractivity contribution < 1.29 is 14.8 Å². The molecule has 0 bridgehead atoms. The van der Waals surface area contributed by atoms with Gasteiger partial charge in [0.25, 0.3) is 0 Å². The summed E-state index contributed by atoms with van der Waals surface area (Å²) in [6, 6.07) is 13.2. The molecule has 1 fully saturated rings. The third-order valence-electron chi connectivity index (χ3n) is 5.00. The molecule has 1 aromatic heterocycles. The topological polar surface area (TPSA) is 105 Å². The predicted molar refractivity (Wildman–Crippen MR) is 108 cm³/mol. The average molecular weight is 395 g/mol. The molecule has 3 aromatic rings. The molecule has 1 aliphatic rings. The van der Waals surface area contributed by atoms with Crippen LogP contribution in [0.15, 0.2) is 48.8 Å². The fraction of sp³-hybridized carbons (Fsp3) is 0.300. The Labute approximate surface area is 167 Å². The number of aliphatic hydroxyl groups is 1. The summed E-state index contributed by atoms with van der Waals surface area (Å²) in [7, 11) is 0. The third kappa shape index (κ3) is 3.96. The molecule has 0 atom stereocenters. The van der Waals surface area contributed by atoms with E-state index in [1.54, 1.807) is 6.07 Å². The van der Waals surface area contributed by atoms with Gasteiger partial charge in [-0.2, -0.15) is 4.98 Å². The van der Waals surface area contributed by atoms with Crippen LogP contribution < -0.4 is 9.64 Å². The lowest BCUT2D eigenvalue weighted by atomic mass is 10.1. The van der Waals surface area contributed by atoms with Gasteiger partial charge in [0.05, 0.1) is 11.5 Å². The van der Waals surface area contributed by atoms with Crippen molar-refractivity contribution in [1.82, 2.24) is 14.9 Å². The number of nitrogens with zero attached hydrogens (tertiary/aromatic N) is 5. The molecule has 29 heavy (non-hydrogen) atoms. The van der Waals surface area contributed by atoms with Gasteiger partial charge in [-0.3, -0.25) is 15.0 Å². The highest BCUT2D eigenvalue weighted by Gasteiger charge is 2.30. The zero-order chi connectivity index (χ0) is 20.2. The van der Waals surface area contributed by atoms with E-state index in [1.165, 1.54) is 6.33 Å². The molecule has 4 rings (SSSR count). The molecule has 150 valence electrons. The van der Waals surface area contributed by atoms with Gasteiger partial charge in [-0.05, 0) is 11.5 Å². The van der Waals surface area contributed by atoms with Gasteiger partial charge in [-0.1, -0.05) is 36.4 Å². The molecule has 9 heteroatoms. The van der Waals surface area contributed by atoms with Crippen molar-refractivity contribution in [3.05, 3.63) is 58.9 Å². The van der Waals surface area contributed by atoms with Crippen LogP contribution in [0.25, 0.3) is 10.8 Å². The predicted octanol–water partition coefficient (Wildman–Crippen LogP) is 2.44. The van der Waals surface area contributed by atoms with Crippen molar-refractivity contribution >= 4 is 22.3 Å². The Hall–Kier alpha value is -3.30. The second-order valence-electron chi connectivity index (χ2n) is 6.74. The first kappa shape index (κ1) is 19.0. The third-order valence-corrected chi connectivity index (χ3v) is 5.00. The maximum atomic E-state index is 11.9. The number of hydrogen-bond donors (Lipinski definition) is 1. The Balaban J connectivity index is 1.66. The number of piperazine rings is 1.